The van der Waals surface area contributed by atoms with Crippen molar-refractivity contribution in [2.45, 2.75) is 31.8 Å². The number of likely N-dealkylation sites (N-methyl/N-ethyl adjacent to an activating group) is 1. The van der Waals surface area contributed by atoms with Gasteiger partial charge in [0, 0.05) is 44.5 Å². The van der Waals surface area contributed by atoms with Crippen molar-refractivity contribution in [2.75, 3.05) is 26.7 Å². The van der Waals surface area contributed by atoms with Gasteiger partial charge in [0.15, 0.2) is 0 Å². The summed E-state index contributed by atoms with van der Waals surface area (Å²) in [7, 11) is 2.18. The van der Waals surface area contributed by atoms with E-state index in [9.17, 15) is 4.79 Å². The molecule has 1 aromatic rings. The molecule has 0 N–H and O–H groups in total. The molecular formula is C14H22N4O. The van der Waals surface area contributed by atoms with Crippen LogP contribution in [-0.2, 0) is 11.3 Å². The number of carbonyl (C=O) groups is 1. The lowest BCUT2D eigenvalue weighted by molar-refractivity contribution is -0.130. The van der Waals surface area contributed by atoms with Gasteiger partial charge in [0.2, 0.25) is 5.91 Å². The van der Waals surface area contributed by atoms with Crippen molar-refractivity contribution >= 4 is 5.91 Å². The molecule has 104 valence electrons. The van der Waals surface area contributed by atoms with Crippen LogP contribution in [0.25, 0.3) is 0 Å². The number of hydrogen-bond acceptors (Lipinski definition) is 3. The predicted octanol–water partition coefficient (Wildman–Crippen LogP) is 0.826. The number of amides is 1. The van der Waals surface area contributed by atoms with Gasteiger partial charge in [-0.2, -0.15) is 5.10 Å². The zero-order valence-electron chi connectivity index (χ0n) is 11.5. The molecule has 3 rings (SSSR count). The highest BCUT2D eigenvalue weighted by atomic mass is 16.2. The zero-order chi connectivity index (χ0) is 13.2. The van der Waals surface area contributed by atoms with Gasteiger partial charge in [-0.25, -0.2) is 0 Å². The molecule has 0 radical (unpaired) electrons. The lowest BCUT2D eigenvalue weighted by Gasteiger charge is -2.20. The molecule has 1 aromatic heterocycles. The predicted molar refractivity (Wildman–Crippen MR) is 72.6 cm³/mol. The van der Waals surface area contributed by atoms with E-state index in [4.69, 9.17) is 0 Å². The molecule has 19 heavy (non-hydrogen) atoms. The second kappa shape index (κ2) is 5.33. The molecule has 2 saturated heterocycles. The molecule has 1 amide bonds. The summed E-state index contributed by atoms with van der Waals surface area (Å²) in [5.74, 6) is 1.02. The Balaban J connectivity index is 1.44. The Bertz CT molecular complexity index is 431. The summed E-state index contributed by atoms with van der Waals surface area (Å²) >= 11 is 0. The highest BCUT2D eigenvalue weighted by molar-refractivity contribution is 5.76. The molecule has 3 heterocycles. The molecule has 0 aromatic carbocycles. The van der Waals surface area contributed by atoms with E-state index in [1.807, 2.05) is 16.9 Å². The first kappa shape index (κ1) is 12.7. The van der Waals surface area contributed by atoms with E-state index in [1.165, 1.54) is 13.0 Å². The van der Waals surface area contributed by atoms with Crippen LogP contribution in [-0.4, -0.2) is 58.2 Å². The van der Waals surface area contributed by atoms with Gasteiger partial charge in [-0.3, -0.25) is 9.48 Å². The fourth-order valence-electron chi connectivity index (χ4n) is 3.36. The van der Waals surface area contributed by atoms with Gasteiger partial charge in [0.1, 0.15) is 0 Å². The SMILES string of the molecule is CN1CC[C@H]2CN(C(=O)CCCn3cccn3)C[C@H]21. The Hall–Kier alpha value is -1.36. The highest BCUT2D eigenvalue weighted by Crippen LogP contribution is 2.30. The number of aromatic nitrogens is 2. The summed E-state index contributed by atoms with van der Waals surface area (Å²) in [5.41, 5.74) is 0. The van der Waals surface area contributed by atoms with Crippen LogP contribution in [0.1, 0.15) is 19.3 Å². The van der Waals surface area contributed by atoms with Gasteiger partial charge in [-0.15, -0.1) is 0 Å². The number of nitrogens with zero attached hydrogens (tertiary/aromatic N) is 4. The monoisotopic (exact) mass is 262 g/mol. The molecule has 0 saturated carbocycles. The van der Waals surface area contributed by atoms with Crippen LogP contribution in [0, 0.1) is 5.92 Å². The van der Waals surface area contributed by atoms with E-state index in [2.05, 4.69) is 21.9 Å². The lowest BCUT2D eigenvalue weighted by Crippen LogP contribution is -2.35. The Morgan fingerprint density at radius 1 is 1.42 bits per heavy atom. The van der Waals surface area contributed by atoms with Crippen LogP contribution in [0.2, 0.25) is 0 Å². The molecule has 0 bridgehead atoms. The van der Waals surface area contributed by atoms with Crippen molar-refractivity contribution in [2.24, 2.45) is 5.92 Å². The average Bonchev–Trinajstić information content (AvgIpc) is 3.08. The third-order valence-corrected chi connectivity index (χ3v) is 4.51. The minimum Gasteiger partial charge on any atom is -0.341 e. The summed E-state index contributed by atoms with van der Waals surface area (Å²) in [4.78, 5) is 16.7. The molecule has 5 heteroatoms. The molecule has 5 nitrogen and oxygen atoms in total. The molecule has 2 atom stereocenters. The number of hydrogen-bond donors (Lipinski definition) is 0. The Kier molecular flexibility index (Phi) is 3.55. The third-order valence-electron chi connectivity index (χ3n) is 4.51. The fourth-order valence-corrected chi connectivity index (χ4v) is 3.36. The molecule has 0 spiro atoms. The average molecular weight is 262 g/mol. The number of rotatable bonds is 4. The van der Waals surface area contributed by atoms with Crippen molar-refractivity contribution in [1.82, 2.24) is 19.6 Å². The number of aryl methyl sites for hydroxylation is 1. The van der Waals surface area contributed by atoms with Crippen molar-refractivity contribution < 1.29 is 4.79 Å². The van der Waals surface area contributed by atoms with E-state index in [1.54, 1.807) is 6.20 Å². The van der Waals surface area contributed by atoms with Crippen LogP contribution in [0.15, 0.2) is 18.5 Å². The second-order valence-corrected chi connectivity index (χ2v) is 5.77. The maximum Gasteiger partial charge on any atom is 0.222 e. The van der Waals surface area contributed by atoms with E-state index >= 15 is 0 Å². The molecule has 2 fully saturated rings. The summed E-state index contributed by atoms with van der Waals surface area (Å²) in [6, 6.07) is 2.52. The van der Waals surface area contributed by atoms with Crippen LogP contribution in [0.5, 0.6) is 0 Å². The molecule has 2 aliphatic rings. The van der Waals surface area contributed by atoms with Crippen LogP contribution < -0.4 is 0 Å². The summed E-state index contributed by atoms with van der Waals surface area (Å²) < 4.78 is 1.89. The summed E-state index contributed by atoms with van der Waals surface area (Å²) in [6.45, 7) is 3.92. The van der Waals surface area contributed by atoms with Gasteiger partial charge >= 0.3 is 0 Å². The van der Waals surface area contributed by atoms with Gasteiger partial charge in [-0.05, 0) is 38.4 Å². The summed E-state index contributed by atoms with van der Waals surface area (Å²) in [5, 5.41) is 4.15. The van der Waals surface area contributed by atoms with E-state index in [-0.39, 0.29) is 0 Å². The van der Waals surface area contributed by atoms with Crippen LogP contribution in [0.4, 0.5) is 0 Å². The molecular weight excluding hydrogens is 240 g/mol. The van der Waals surface area contributed by atoms with Gasteiger partial charge < -0.3 is 9.80 Å². The first-order valence-electron chi connectivity index (χ1n) is 7.19. The largest absolute Gasteiger partial charge is 0.341 e. The molecule has 0 unspecified atom stereocenters. The first-order chi connectivity index (χ1) is 9.24. The van der Waals surface area contributed by atoms with Crippen molar-refractivity contribution in [3.8, 4) is 0 Å². The molecule has 0 aliphatic carbocycles. The number of likely N-dealkylation sites (tertiary alicyclic amines) is 2. The van der Waals surface area contributed by atoms with Crippen molar-refractivity contribution in [1.29, 1.82) is 0 Å². The van der Waals surface area contributed by atoms with Crippen LogP contribution in [0.3, 0.4) is 0 Å². The Labute approximate surface area is 114 Å². The minimum atomic E-state index is 0.315. The van der Waals surface area contributed by atoms with Gasteiger partial charge in [0.25, 0.3) is 0 Å². The third kappa shape index (κ3) is 2.66. The van der Waals surface area contributed by atoms with Gasteiger partial charge in [0.05, 0.1) is 0 Å². The summed E-state index contributed by atoms with van der Waals surface area (Å²) in [6.07, 6.45) is 6.49. The first-order valence-corrected chi connectivity index (χ1v) is 7.19. The minimum absolute atomic E-state index is 0.315. The smallest absolute Gasteiger partial charge is 0.222 e. The Morgan fingerprint density at radius 3 is 3.05 bits per heavy atom. The highest BCUT2D eigenvalue weighted by Gasteiger charge is 2.40. The fraction of sp³-hybridized carbons (Fsp3) is 0.714. The molecule has 2 aliphatic heterocycles. The van der Waals surface area contributed by atoms with Crippen LogP contribution >= 0.6 is 0 Å². The standard InChI is InChI=1S/C14H22N4O/c1-16-9-5-12-10-17(11-13(12)16)14(19)4-2-7-18-8-3-6-15-18/h3,6,8,12-13H,2,4-5,7,9-11H2,1H3/t12-,13+/m0/s1. The van der Waals surface area contributed by atoms with E-state index in [0.29, 0.717) is 24.3 Å². The van der Waals surface area contributed by atoms with E-state index < -0.39 is 0 Å². The number of carbonyl (C=O) groups excluding carboxylic acids is 1. The second-order valence-electron chi connectivity index (χ2n) is 5.77. The Morgan fingerprint density at radius 2 is 2.32 bits per heavy atom. The zero-order valence-corrected chi connectivity index (χ0v) is 11.5. The van der Waals surface area contributed by atoms with E-state index in [0.717, 1.165) is 26.1 Å². The quantitative estimate of drug-likeness (QED) is 0.807. The lowest BCUT2D eigenvalue weighted by atomic mass is 10.1. The van der Waals surface area contributed by atoms with Gasteiger partial charge in [-0.1, -0.05) is 0 Å². The van der Waals surface area contributed by atoms with Crippen molar-refractivity contribution in [3.05, 3.63) is 18.5 Å². The number of fused-ring (bicyclic) bond motifs is 1. The topological polar surface area (TPSA) is 41.4 Å². The normalized spacial score (nSPS) is 26.9. The van der Waals surface area contributed by atoms with Crippen molar-refractivity contribution in [3.63, 3.8) is 0 Å². The maximum absolute atomic E-state index is 12.2. The maximum atomic E-state index is 12.2.